The highest BCUT2D eigenvalue weighted by atomic mass is 16.5. The summed E-state index contributed by atoms with van der Waals surface area (Å²) in [6, 6.07) is 7.51. The molecule has 2 amide bonds. The molecular weight excluding hydrogens is 258 g/mol. The van der Waals surface area contributed by atoms with E-state index in [2.05, 4.69) is 10.1 Å². The zero-order valence-electron chi connectivity index (χ0n) is 11.1. The van der Waals surface area contributed by atoms with Gasteiger partial charge in [0.25, 0.3) is 0 Å². The Bertz CT molecular complexity index is 639. The summed E-state index contributed by atoms with van der Waals surface area (Å²) in [7, 11) is 1.79. The summed E-state index contributed by atoms with van der Waals surface area (Å²) < 4.78 is 5.00. The molecule has 2 aromatic rings. The third-order valence-electron chi connectivity index (χ3n) is 3.28. The van der Waals surface area contributed by atoms with Crippen LogP contribution in [0.4, 0.5) is 10.5 Å². The van der Waals surface area contributed by atoms with E-state index in [4.69, 9.17) is 10.3 Å². The van der Waals surface area contributed by atoms with E-state index < -0.39 is 0 Å². The molecule has 0 unspecified atom stereocenters. The Morgan fingerprint density at radius 2 is 2.25 bits per heavy atom. The Kier molecular flexibility index (Phi) is 3.11. The standard InChI is InChI=1S/C13H15N5O2/c1-17-5-6-18(13(17)19)10-4-2-3-9(7-10)12-15-11(8-14)20-16-12/h2-4,7H,5-6,8,14H2,1H3. The minimum atomic E-state index is -0.00194. The van der Waals surface area contributed by atoms with E-state index in [0.29, 0.717) is 18.3 Å². The first-order valence-corrected chi connectivity index (χ1v) is 6.35. The summed E-state index contributed by atoms with van der Waals surface area (Å²) in [5.41, 5.74) is 7.08. The minimum absolute atomic E-state index is 0.00194. The quantitative estimate of drug-likeness (QED) is 0.903. The molecule has 0 bridgehead atoms. The van der Waals surface area contributed by atoms with Crippen LogP contribution in [-0.2, 0) is 6.54 Å². The van der Waals surface area contributed by atoms with Crippen LogP contribution in [0.2, 0.25) is 0 Å². The number of hydrogen-bond donors (Lipinski definition) is 1. The van der Waals surface area contributed by atoms with Gasteiger partial charge >= 0.3 is 6.03 Å². The molecule has 7 heteroatoms. The lowest BCUT2D eigenvalue weighted by Crippen LogP contribution is -2.29. The number of likely N-dealkylation sites (N-methyl/N-ethyl adjacent to an activating group) is 1. The van der Waals surface area contributed by atoms with Crippen molar-refractivity contribution in [2.24, 2.45) is 5.73 Å². The van der Waals surface area contributed by atoms with Crippen LogP contribution >= 0.6 is 0 Å². The van der Waals surface area contributed by atoms with Gasteiger partial charge in [-0.3, -0.25) is 4.90 Å². The molecule has 1 aromatic heterocycles. The van der Waals surface area contributed by atoms with Gasteiger partial charge in [0.1, 0.15) is 0 Å². The molecule has 2 N–H and O–H groups in total. The van der Waals surface area contributed by atoms with E-state index in [9.17, 15) is 4.79 Å². The third-order valence-corrected chi connectivity index (χ3v) is 3.28. The maximum Gasteiger partial charge on any atom is 0.324 e. The van der Waals surface area contributed by atoms with Crippen molar-refractivity contribution in [3.63, 3.8) is 0 Å². The fourth-order valence-electron chi connectivity index (χ4n) is 2.15. The van der Waals surface area contributed by atoms with E-state index in [1.807, 2.05) is 24.3 Å². The van der Waals surface area contributed by atoms with E-state index in [1.165, 1.54) is 0 Å². The SMILES string of the molecule is CN1CCN(c2cccc(-c3noc(CN)n3)c2)C1=O. The van der Waals surface area contributed by atoms with Crippen molar-refractivity contribution < 1.29 is 9.32 Å². The predicted octanol–water partition coefficient (Wildman–Crippen LogP) is 1.07. The van der Waals surface area contributed by atoms with Crippen molar-refractivity contribution in [3.05, 3.63) is 30.2 Å². The molecule has 7 nitrogen and oxygen atoms in total. The average molecular weight is 273 g/mol. The summed E-state index contributed by atoms with van der Waals surface area (Å²) in [4.78, 5) is 19.6. The number of aromatic nitrogens is 2. The predicted molar refractivity (Wildman–Crippen MR) is 73.0 cm³/mol. The first-order valence-electron chi connectivity index (χ1n) is 6.35. The fraction of sp³-hybridized carbons (Fsp3) is 0.308. The van der Waals surface area contributed by atoms with Gasteiger partial charge in [-0.1, -0.05) is 17.3 Å². The van der Waals surface area contributed by atoms with Crippen LogP contribution in [0.1, 0.15) is 5.89 Å². The molecule has 104 valence electrons. The molecule has 0 aliphatic carbocycles. The van der Waals surface area contributed by atoms with Gasteiger partial charge < -0.3 is 15.2 Å². The minimum Gasteiger partial charge on any atom is -0.338 e. The maximum atomic E-state index is 12.0. The number of urea groups is 1. The lowest BCUT2D eigenvalue weighted by molar-refractivity contribution is 0.229. The summed E-state index contributed by atoms with van der Waals surface area (Å²) in [5, 5.41) is 3.88. The zero-order chi connectivity index (χ0) is 14.1. The second-order valence-electron chi connectivity index (χ2n) is 4.62. The Balaban J connectivity index is 1.91. The molecule has 0 saturated carbocycles. The zero-order valence-corrected chi connectivity index (χ0v) is 11.1. The van der Waals surface area contributed by atoms with Crippen molar-refractivity contribution in [1.82, 2.24) is 15.0 Å². The largest absolute Gasteiger partial charge is 0.338 e. The molecular formula is C13H15N5O2. The van der Waals surface area contributed by atoms with Gasteiger partial charge in [0, 0.05) is 31.4 Å². The van der Waals surface area contributed by atoms with E-state index in [0.717, 1.165) is 17.8 Å². The molecule has 1 aliphatic heterocycles. The lowest BCUT2D eigenvalue weighted by atomic mass is 10.2. The number of carbonyl (C=O) groups excluding carboxylic acids is 1. The summed E-state index contributed by atoms with van der Waals surface area (Å²) in [6.45, 7) is 1.61. The van der Waals surface area contributed by atoms with Crippen LogP contribution < -0.4 is 10.6 Å². The number of hydrogen-bond acceptors (Lipinski definition) is 5. The van der Waals surface area contributed by atoms with Crippen molar-refractivity contribution >= 4 is 11.7 Å². The number of anilines is 1. The van der Waals surface area contributed by atoms with Crippen molar-refractivity contribution in [3.8, 4) is 11.4 Å². The molecule has 1 fully saturated rings. The van der Waals surface area contributed by atoms with Gasteiger partial charge in [-0.05, 0) is 12.1 Å². The van der Waals surface area contributed by atoms with Crippen molar-refractivity contribution in [2.45, 2.75) is 6.54 Å². The smallest absolute Gasteiger partial charge is 0.324 e. The third kappa shape index (κ3) is 2.12. The van der Waals surface area contributed by atoms with Crippen molar-refractivity contribution in [1.29, 1.82) is 0 Å². The molecule has 1 aromatic carbocycles. The molecule has 1 aliphatic rings. The van der Waals surface area contributed by atoms with Gasteiger partial charge in [0.2, 0.25) is 11.7 Å². The van der Waals surface area contributed by atoms with Gasteiger partial charge in [0.15, 0.2) is 0 Å². The van der Waals surface area contributed by atoms with Gasteiger partial charge in [-0.25, -0.2) is 4.79 Å². The van der Waals surface area contributed by atoms with E-state index in [1.54, 1.807) is 16.8 Å². The average Bonchev–Trinajstić information content (AvgIpc) is 3.07. The van der Waals surface area contributed by atoms with Crippen LogP contribution in [0.3, 0.4) is 0 Å². The molecule has 3 rings (SSSR count). The second kappa shape index (κ2) is 4.93. The number of benzene rings is 1. The molecule has 1 saturated heterocycles. The van der Waals surface area contributed by atoms with Crippen LogP contribution in [-0.4, -0.2) is 41.2 Å². The first-order chi connectivity index (χ1) is 9.69. The number of rotatable bonds is 3. The molecule has 0 radical (unpaired) electrons. The van der Waals surface area contributed by atoms with Crippen LogP contribution in [0.25, 0.3) is 11.4 Å². The van der Waals surface area contributed by atoms with Gasteiger partial charge in [-0.15, -0.1) is 0 Å². The fourth-order valence-corrected chi connectivity index (χ4v) is 2.15. The number of carbonyl (C=O) groups is 1. The molecule has 0 spiro atoms. The summed E-state index contributed by atoms with van der Waals surface area (Å²) in [6.07, 6.45) is 0. The lowest BCUT2D eigenvalue weighted by Gasteiger charge is -2.16. The normalized spacial score (nSPS) is 15.2. The summed E-state index contributed by atoms with van der Waals surface area (Å²) >= 11 is 0. The van der Waals surface area contributed by atoms with Gasteiger partial charge in [0.05, 0.1) is 6.54 Å². The molecule has 20 heavy (non-hydrogen) atoms. The summed E-state index contributed by atoms with van der Waals surface area (Å²) in [5.74, 6) is 0.870. The van der Waals surface area contributed by atoms with Crippen LogP contribution in [0.15, 0.2) is 28.8 Å². The number of nitrogens with two attached hydrogens (primary N) is 1. The number of nitrogens with zero attached hydrogens (tertiary/aromatic N) is 4. The van der Waals surface area contributed by atoms with Gasteiger partial charge in [-0.2, -0.15) is 4.98 Å². The van der Waals surface area contributed by atoms with Crippen LogP contribution in [0, 0.1) is 0 Å². The van der Waals surface area contributed by atoms with Crippen LogP contribution in [0.5, 0.6) is 0 Å². The first kappa shape index (κ1) is 12.6. The monoisotopic (exact) mass is 273 g/mol. The Labute approximate surface area is 116 Å². The maximum absolute atomic E-state index is 12.0. The highest BCUT2D eigenvalue weighted by Gasteiger charge is 2.26. The second-order valence-corrected chi connectivity index (χ2v) is 4.62. The molecule has 0 atom stereocenters. The van der Waals surface area contributed by atoms with Crippen molar-refractivity contribution in [2.75, 3.05) is 25.0 Å². The molecule has 2 heterocycles. The Morgan fingerprint density at radius 1 is 1.40 bits per heavy atom. The number of amides is 2. The Morgan fingerprint density at radius 3 is 2.90 bits per heavy atom. The van der Waals surface area contributed by atoms with E-state index in [-0.39, 0.29) is 12.6 Å². The topological polar surface area (TPSA) is 88.5 Å². The Hall–Kier alpha value is -2.41. The highest BCUT2D eigenvalue weighted by molar-refractivity contribution is 5.94. The highest BCUT2D eigenvalue weighted by Crippen LogP contribution is 2.25. The van der Waals surface area contributed by atoms with E-state index >= 15 is 0 Å².